The normalized spacial score (nSPS) is 38.6. The second kappa shape index (κ2) is 3.97. The van der Waals surface area contributed by atoms with Crippen molar-refractivity contribution in [2.24, 2.45) is 10.8 Å². The zero-order valence-corrected chi connectivity index (χ0v) is 12.1. The Morgan fingerprint density at radius 1 is 1.38 bits per heavy atom. The van der Waals surface area contributed by atoms with E-state index in [1.54, 1.807) is 0 Å². The van der Waals surface area contributed by atoms with Crippen LogP contribution in [0.4, 0.5) is 0 Å². The quantitative estimate of drug-likeness (QED) is 0.480. The lowest BCUT2D eigenvalue weighted by Crippen LogP contribution is -2.53. The molecule has 2 aliphatic rings. The molecule has 0 saturated heterocycles. The number of carbonyl (C=O) groups is 1. The molecule has 0 heterocycles. The summed E-state index contributed by atoms with van der Waals surface area (Å²) < 4.78 is 0. The topological polar surface area (TPSA) is 17.1 Å². The molecule has 0 amide bonds. The van der Waals surface area contributed by atoms with Gasteiger partial charge in [-0.05, 0) is 38.0 Å². The van der Waals surface area contributed by atoms with Crippen LogP contribution >= 0.6 is 15.9 Å². The van der Waals surface area contributed by atoms with Crippen molar-refractivity contribution in [1.29, 1.82) is 0 Å². The molecule has 0 aromatic heterocycles. The number of carbonyl (C=O) groups excluding carboxylic acids is 1. The number of allylic oxidation sites excluding steroid dienone is 2. The number of halogens is 1. The number of hydrogen-bond donors (Lipinski definition) is 0. The van der Waals surface area contributed by atoms with Crippen LogP contribution in [0.15, 0.2) is 11.6 Å². The molecule has 1 fully saturated rings. The van der Waals surface area contributed by atoms with Crippen LogP contribution in [0.5, 0.6) is 0 Å². The highest BCUT2D eigenvalue weighted by molar-refractivity contribution is 9.09. The van der Waals surface area contributed by atoms with Gasteiger partial charge in [0.25, 0.3) is 0 Å². The van der Waals surface area contributed by atoms with E-state index in [4.69, 9.17) is 0 Å². The summed E-state index contributed by atoms with van der Waals surface area (Å²) in [6.45, 7) is 6.70. The Hall–Kier alpha value is -0.110. The molecule has 0 aliphatic heterocycles. The highest BCUT2D eigenvalue weighted by atomic mass is 79.9. The van der Waals surface area contributed by atoms with E-state index in [9.17, 15) is 4.79 Å². The van der Waals surface area contributed by atoms with Crippen molar-refractivity contribution >= 4 is 21.7 Å². The third-order valence-electron chi connectivity index (χ3n) is 4.92. The second-order valence-electron chi connectivity index (χ2n) is 5.99. The Kier molecular flexibility index (Phi) is 3.07. The fourth-order valence-corrected chi connectivity index (χ4v) is 3.99. The number of Topliss-reactive ketones (excluding diaryl/α,β-unsaturated/α-hetero) is 1. The standard InChI is InChI=1S/C14H21BrO/c1-10-6-8-14(9-7-10)12(16)5-4-11(15)13(14,2)3/h6,11H,4-5,7-9H2,1-3H3/t11-,14-/m0/s1. The summed E-state index contributed by atoms with van der Waals surface area (Å²) in [5, 5.41) is 0. The van der Waals surface area contributed by atoms with Crippen molar-refractivity contribution in [2.45, 2.75) is 57.7 Å². The molecule has 0 N–H and O–H groups in total. The van der Waals surface area contributed by atoms with Gasteiger partial charge >= 0.3 is 0 Å². The van der Waals surface area contributed by atoms with E-state index >= 15 is 0 Å². The van der Waals surface area contributed by atoms with Gasteiger partial charge in [-0.25, -0.2) is 0 Å². The Bertz CT molecular complexity index is 343. The highest BCUT2D eigenvalue weighted by Crippen LogP contribution is 2.57. The number of ketones is 1. The summed E-state index contributed by atoms with van der Waals surface area (Å²) in [5.74, 6) is 0.497. The SMILES string of the molecule is CC1=CC[C@]2(CC1)C(=O)CC[C@H](Br)C2(C)C. The molecule has 0 aromatic rings. The van der Waals surface area contributed by atoms with E-state index in [1.165, 1.54) is 5.57 Å². The van der Waals surface area contributed by atoms with Crippen molar-refractivity contribution in [2.75, 3.05) is 0 Å². The first-order valence-corrected chi connectivity index (χ1v) is 7.15. The Morgan fingerprint density at radius 2 is 2.06 bits per heavy atom. The molecular weight excluding hydrogens is 264 g/mol. The largest absolute Gasteiger partial charge is 0.299 e. The Morgan fingerprint density at radius 3 is 2.62 bits per heavy atom. The van der Waals surface area contributed by atoms with Crippen LogP contribution in [0.25, 0.3) is 0 Å². The van der Waals surface area contributed by atoms with E-state index in [0.29, 0.717) is 10.6 Å². The van der Waals surface area contributed by atoms with Crippen molar-refractivity contribution in [1.82, 2.24) is 0 Å². The van der Waals surface area contributed by atoms with Crippen LogP contribution in [0.1, 0.15) is 52.9 Å². The molecular formula is C14H21BrO. The van der Waals surface area contributed by atoms with E-state index in [-0.39, 0.29) is 10.8 Å². The summed E-state index contributed by atoms with van der Waals surface area (Å²) in [6.07, 6.45) is 7.13. The number of hydrogen-bond acceptors (Lipinski definition) is 1. The summed E-state index contributed by atoms with van der Waals surface area (Å²) >= 11 is 3.79. The molecule has 0 radical (unpaired) electrons. The molecule has 2 heteroatoms. The van der Waals surface area contributed by atoms with Gasteiger partial charge in [-0.15, -0.1) is 0 Å². The zero-order valence-electron chi connectivity index (χ0n) is 10.5. The van der Waals surface area contributed by atoms with Crippen LogP contribution < -0.4 is 0 Å². The van der Waals surface area contributed by atoms with E-state index in [2.05, 4.69) is 42.8 Å². The van der Waals surface area contributed by atoms with Gasteiger partial charge in [-0.3, -0.25) is 4.79 Å². The van der Waals surface area contributed by atoms with Crippen molar-refractivity contribution in [3.63, 3.8) is 0 Å². The van der Waals surface area contributed by atoms with Crippen LogP contribution in [0, 0.1) is 10.8 Å². The maximum Gasteiger partial charge on any atom is 0.139 e. The van der Waals surface area contributed by atoms with Crippen LogP contribution in [-0.4, -0.2) is 10.6 Å². The minimum atomic E-state index is -0.0983. The van der Waals surface area contributed by atoms with Gasteiger partial charge in [0.15, 0.2) is 0 Å². The predicted molar refractivity (Wildman–Crippen MR) is 70.8 cm³/mol. The first kappa shape index (κ1) is 12.3. The van der Waals surface area contributed by atoms with Gasteiger partial charge in [0.05, 0.1) is 0 Å². The molecule has 1 nitrogen and oxygen atoms in total. The third-order valence-corrected chi connectivity index (χ3v) is 6.52. The number of rotatable bonds is 0. The highest BCUT2D eigenvalue weighted by Gasteiger charge is 2.55. The van der Waals surface area contributed by atoms with Crippen molar-refractivity contribution in [3.8, 4) is 0 Å². The van der Waals surface area contributed by atoms with Gasteiger partial charge in [-0.2, -0.15) is 0 Å². The smallest absolute Gasteiger partial charge is 0.139 e. The Labute approximate surface area is 107 Å². The molecule has 16 heavy (non-hydrogen) atoms. The maximum atomic E-state index is 12.4. The van der Waals surface area contributed by atoms with E-state index in [1.807, 2.05) is 0 Å². The second-order valence-corrected chi connectivity index (χ2v) is 7.09. The van der Waals surface area contributed by atoms with E-state index < -0.39 is 0 Å². The van der Waals surface area contributed by atoms with Gasteiger partial charge in [-0.1, -0.05) is 41.4 Å². The van der Waals surface area contributed by atoms with Crippen LogP contribution in [0.2, 0.25) is 0 Å². The van der Waals surface area contributed by atoms with Crippen LogP contribution in [0.3, 0.4) is 0 Å². The van der Waals surface area contributed by atoms with Crippen LogP contribution in [-0.2, 0) is 4.79 Å². The summed E-state index contributed by atoms with van der Waals surface area (Å²) in [4.78, 5) is 12.9. The lowest BCUT2D eigenvalue weighted by Gasteiger charge is -2.53. The fraction of sp³-hybridized carbons (Fsp3) is 0.786. The molecule has 2 rings (SSSR count). The molecule has 1 saturated carbocycles. The van der Waals surface area contributed by atoms with Crippen molar-refractivity contribution < 1.29 is 4.79 Å². The fourth-order valence-electron chi connectivity index (χ4n) is 3.32. The number of alkyl halides is 1. The lowest BCUT2D eigenvalue weighted by atomic mass is 9.52. The average Bonchev–Trinajstić information content (AvgIpc) is 2.24. The molecule has 1 spiro atoms. The lowest BCUT2D eigenvalue weighted by molar-refractivity contribution is -0.141. The first-order chi connectivity index (χ1) is 7.40. The molecule has 2 atom stereocenters. The van der Waals surface area contributed by atoms with E-state index in [0.717, 1.165) is 32.1 Å². The molecule has 2 aliphatic carbocycles. The van der Waals surface area contributed by atoms with Gasteiger partial charge in [0, 0.05) is 16.7 Å². The van der Waals surface area contributed by atoms with Gasteiger partial charge in [0.1, 0.15) is 5.78 Å². The molecule has 0 bridgehead atoms. The third kappa shape index (κ3) is 1.61. The molecule has 0 unspecified atom stereocenters. The monoisotopic (exact) mass is 284 g/mol. The van der Waals surface area contributed by atoms with Crippen molar-refractivity contribution in [3.05, 3.63) is 11.6 Å². The average molecular weight is 285 g/mol. The van der Waals surface area contributed by atoms with Gasteiger partial charge in [0.2, 0.25) is 0 Å². The summed E-state index contributed by atoms with van der Waals surface area (Å²) in [6, 6.07) is 0. The first-order valence-electron chi connectivity index (χ1n) is 6.23. The van der Waals surface area contributed by atoms with Gasteiger partial charge < -0.3 is 0 Å². The maximum absolute atomic E-state index is 12.4. The summed E-state index contributed by atoms with van der Waals surface area (Å²) in [7, 11) is 0. The zero-order chi connectivity index (χ0) is 12.0. The molecule has 90 valence electrons. The Balaban J connectivity index is 2.39. The minimum absolute atomic E-state index is 0.0829. The summed E-state index contributed by atoms with van der Waals surface area (Å²) in [5.41, 5.74) is 1.43. The predicted octanol–water partition coefficient (Wildman–Crippen LogP) is 4.26. The minimum Gasteiger partial charge on any atom is -0.299 e. The molecule has 0 aromatic carbocycles.